The van der Waals surface area contributed by atoms with Crippen LogP contribution in [0.2, 0.25) is 0 Å². The number of aromatic nitrogens is 1. The van der Waals surface area contributed by atoms with Gasteiger partial charge in [0.15, 0.2) is 0 Å². The van der Waals surface area contributed by atoms with Gasteiger partial charge in [0.05, 0.1) is 12.1 Å². The number of amides is 1. The fraction of sp³-hybridized carbons (Fsp3) is 0.222. The topological polar surface area (TPSA) is 110 Å². The average molecular weight is 203 g/mol. The van der Waals surface area contributed by atoms with Gasteiger partial charge in [0.2, 0.25) is 0 Å². The second kappa shape index (κ2) is 4.68. The summed E-state index contributed by atoms with van der Waals surface area (Å²) in [5, 5.41) is 17.0. The standard InChI is InChI=1S/C9H9N5O/c10-1-3-14(4-2-11)9(15)8-5-7(12)6-13-8/h5-6,13H,3-4,12H2. The second-order valence-electron chi connectivity index (χ2n) is 2.82. The molecule has 1 aromatic heterocycles. The molecule has 0 unspecified atom stereocenters. The highest BCUT2D eigenvalue weighted by Crippen LogP contribution is 2.07. The van der Waals surface area contributed by atoms with E-state index < -0.39 is 5.91 Å². The van der Waals surface area contributed by atoms with Crippen molar-refractivity contribution in [2.24, 2.45) is 0 Å². The lowest BCUT2D eigenvalue weighted by molar-refractivity contribution is 0.0789. The molecule has 0 saturated carbocycles. The van der Waals surface area contributed by atoms with Gasteiger partial charge in [-0.25, -0.2) is 0 Å². The third kappa shape index (κ3) is 2.48. The van der Waals surface area contributed by atoms with Crippen LogP contribution in [0.5, 0.6) is 0 Å². The van der Waals surface area contributed by atoms with Gasteiger partial charge in [-0.15, -0.1) is 0 Å². The summed E-state index contributed by atoms with van der Waals surface area (Å²) in [5.41, 5.74) is 6.15. The van der Waals surface area contributed by atoms with Gasteiger partial charge in [-0.05, 0) is 6.07 Å². The molecule has 1 heterocycles. The minimum Gasteiger partial charge on any atom is -0.397 e. The van der Waals surface area contributed by atoms with Gasteiger partial charge in [-0.3, -0.25) is 4.79 Å². The molecule has 0 fully saturated rings. The lowest BCUT2D eigenvalue weighted by Gasteiger charge is -2.14. The number of nitrogens with two attached hydrogens (primary N) is 1. The zero-order valence-electron chi connectivity index (χ0n) is 7.90. The van der Waals surface area contributed by atoms with Crippen molar-refractivity contribution in [3.8, 4) is 12.1 Å². The van der Waals surface area contributed by atoms with E-state index in [1.54, 1.807) is 0 Å². The summed E-state index contributed by atoms with van der Waals surface area (Å²) >= 11 is 0. The van der Waals surface area contributed by atoms with Crippen LogP contribution in [0.3, 0.4) is 0 Å². The largest absolute Gasteiger partial charge is 0.397 e. The van der Waals surface area contributed by atoms with Crippen molar-refractivity contribution in [1.29, 1.82) is 10.5 Å². The van der Waals surface area contributed by atoms with E-state index in [4.69, 9.17) is 16.3 Å². The fourth-order valence-corrected chi connectivity index (χ4v) is 1.08. The summed E-state index contributed by atoms with van der Waals surface area (Å²) in [6, 6.07) is 5.10. The lowest BCUT2D eigenvalue weighted by atomic mass is 10.3. The Bertz CT molecular complexity index is 420. The van der Waals surface area contributed by atoms with E-state index in [-0.39, 0.29) is 18.8 Å². The van der Waals surface area contributed by atoms with E-state index in [1.807, 2.05) is 12.1 Å². The van der Waals surface area contributed by atoms with Crippen molar-refractivity contribution in [2.75, 3.05) is 18.8 Å². The molecule has 76 valence electrons. The molecule has 6 nitrogen and oxygen atoms in total. The maximum Gasteiger partial charge on any atom is 0.272 e. The molecule has 0 spiro atoms. The summed E-state index contributed by atoms with van der Waals surface area (Å²) in [7, 11) is 0. The number of nitrogen functional groups attached to an aromatic ring is 1. The summed E-state index contributed by atoms with van der Waals surface area (Å²) in [6.45, 7) is -0.239. The van der Waals surface area contributed by atoms with E-state index >= 15 is 0 Å². The molecular formula is C9H9N5O. The third-order valence-electron chi connectivity index (χ3n) is 1.75. The van der Waals surface area contributed by atoms with Crippen LogP contribution in [0.4, 0.5) is 5.69 Å². The quantitative estimate of drug-likeness (QED) is 0.678. The van der Waals surface area contributed by atoms with Crippen LogP contribution in [0.15, 0.2) is 12.3 Å². The van der Waals surface area contributed by atoms with Crippen molar-refractivity contribution >= 4 is 11.6 Å². The summed E-state index contributed by atoms with van der Waals surface area (Å²) in [4.78, 5) is 15.5. The van der Waals surface area contributed by atoms with Crippen LogP contribution in [-0.4, -0.2) is 28.9 Å². The highest BCUT2D eigenvalue weighted by atomic mass is 16.2. The second-order valence-corrected chi connectivity index (χ2v) is 2.82. The predicted octanol–water partition coefficient (Wildman–Crippen LogP) is 0.0863. The normalized spacial score (nSPS) is 8.93. The Balaban J connectivity index is 2.82. The number of carbonyl (C=O) groups is 1. The molecule has 3 N–H and O–H groups in total. The number of H-pyrrole nitrogens is 1. The fourth-order valence-electron chi connectivity index (χ4n) is 1.08. The van der Waals surface area contributed by atoms with Crippen LogP contribution < -0.4 is 5.73 Å². The van der Waals surface area contributed by atoms with Crippen molar-refractivity contribution in [2.45, 2.75) is 0 Å². The van der Waals surface area contributed by atoms with Crippen molar-refractivity contribution < 1.29 is 4.79 Å². The first-order valence-electron chi connectivity index (χ1n) is 4.16. The number of nitriles is 2. The number of nitrogens with zero attached hydrogens (tertiary/aromatic N) is 3. The zero-order chi connectivity index (χ0) is 11.3. The molecule has 0 radical (unpaired) electrons. The highest BCUT2D eigenvalue weighted by molar-refractivity contribution is 5.93. The SMILES string of the molecule is N#CCN(CC#N)C(=O)c1cc(N)c[nH]1. The number of carbonyl (C=O) groups excluding carboxylic acids is 1. The van der Waals surface area contributed by atoms with Gasteiger partial charge in [0.1, 0.15) is 18.8 Å². The van der Waals surface area contributed by atoms with Gasteiger partial charge in [-0.2, -0.15) is 10.5 Å². The van der Waals surface area contributed by atoms with Crippen LogP contribution in [0.25, 0.3) is 0 Å². The Kier molecular flexibility index (Phi) is 3.31. The summed E-state index contributed by atoms with van der Waals surface area (Å²) in [5.74, 6) is -0.408. The Hall–Kier alpha value is -2.47. The van der Waals surface area contributed by atoms with E-state index in [9.17, 15) is 4.79 Å². The van der Waals surface area contributed by atoms with E-state index in [2.05, 4.69) is 4.98 Å². The van der Waals surface area contributed by atoms with Crippen molar-refractivity contribution in [3.63, 3.8) is 0 Å². The number of hydrogen-bond donors (Lipinski definition) is 2. The molecule has 1 amide bonds. The van der Waals surface area contributed by atoms with Crippen molar-refractivity contribution in [3.05, 3.63) is 18.0 Å². The Morgan fingerprint density at radius 3 is 2.47 bits per heavy atom. The number of rotatable bonds is 3. The zero-order valence-corrected chi connectivity index (χ0v) is 7.90. The van der Waals surface area contributed by atoms with Crippen LogP contribution in [0.1, 0.15) is 10.5 Å². The van der Waals surface area contributed by atoms with Gasteiger partial charge >= 0.3 is 0 Å². The molecule has 0 aliphatic heterocycles. The molecule has 6 heteroatoms. The van der Waals surface area contributed by atoms with Crippen LogP contribution in [-0.2, 0) is 0 Å². The maximum absolute atomic E-state index is 11.7. The predicted molar refractivity (Wildman–Crippen MR) is 52.3 cm³/mol. The van der Waals surface area contributed by atoms with Crippen molar-refractivity contribution in [1.82, 2.24) is 9.88 Å². The maximum atomic E-state index is 11.7. The smallest absolute Gasteiger partial charge is 0.272 e. The molecule has 0 bridgehead atoms. The molecule has 0 aliphatic rings. The Morgan fingerprint density at radius 2 is 2.07 bits per heavy atom. The molecule has 15 heavy (non-hydrogen) atoms. The Labute approximate surface area is 86.5 Å². The minimum atomic E-state index is -0.408. The van der Waals surface area contributed by atoms with Gasteiger partial charge in [0, 0.05) is 11.9 Å². The molecule has 1 aromatic rings. The summed E-state index contributed by atoms with van der Waals surface area (Å²) in [6.07, 6.45) is 1.48. The molecule has 0 aromatic carbocycles. The molecular weight excluding hydrogens is 194 g/mol. The average Bonchev–Trinajstić information content (AvgIpc) is 2.63. The number of aromatic amines is 1. The van der Waals surface area contributed by atoms with Gasteiger partial charge < -0.3 is 15.6 Å². The first-order chi connectivity index (χ1) is 7.19. The van der Waals surface area contributed by atoms with E-state index in [1.165, 1.54) is 12.3 Å². The monoisotopic (exact) mass is 203 g/mol. The first kappa shape index (κ1) is 10.6. The van der Waals surface area contributed by atoms with Crippen LogP contribution >= 0.6 is 0 Å². The highest BCUT2D eigenvalue weighted by Gasteiger charge is 2.16. The number of anilines is 1. The van der Waals surface area contributed by atoms with E-state index in [0.717, 1.165) is 4.90 Å². The van der Waals surface area contributed by atoms with E-state index in [0.29, 0.717) is 5.69 Å². The Morgan fingerprint density at radius 1 is 1.47 bits per heavy atom. The lowest BCUT2D eigenvalue weighted by Crippen LogP contribution is -2.31. The number of hydrogen-bond acceptors (Lipinski definition) is 4. The summed E-state index contributed by atoms with van der Waals surface area (Å²) < 4.78 is 0. The van der Waals surface area contributed by atoms with Gasteiger partial charge in [-0.1, -0.05) is 0 Å². The molecule has 0 saturated heterocycles. The number of nitrogens with one attached hydrogen (secondary N) is 1. The molecule has 0 atom stereocenters. The van der Waals surface area contributed by atoms with Crippen LogP contribution in [0, 0.1) is 22.7 Å². The molecule has 1 rings (SSSR count). The minimum absolute atomic E-state index is 0.120. The first-order valence-corrected chi connectivity index (χ1v) is 4.16. The molecule has 0 aliphatic carbocycles. The van der Waals surface area contributed by atoms with Gasteiger partial charge in [0.25, 0.3) is 5.91 Å². The third-order valence-corrected chi connectivity index (χ3v) is 1.75.